The van der Waals surface area contributed by atoms with E-state index in [0.29, 0.717) is 37.4 Å². The molecule has 0 bridgehead atoms. The first kappa shape index (κ1) is 24.4. The van der Waals surface area contributed by atoms with Crippen molar-refractivity contribution < 1.29 is 27.4 Å². The van der Waals surface area contributed by atoms with Crippen molar-refractivity contribution in [2.45, 2.75) is 76.9 Å². The van der Waals surface area contributed by atoms with Gasteiger partial charge < -0.3 is 19.7 Å². The second-order valence-corrected chi connectivity index (χ2v) is 9.97. The van der Waals surface area contributed by atoms with E-state index >= 15 is 0 Å². The Bertz CT molecular complexity index is 863. The van der Waals surface area contributed by atoms with Crippen LogP contribution >= 0.6 is 0 Å². The Morgan fingerprint density at radius 3 is 2.85 bits per heavy atom. The Kier molecular flexibility index (Phi) is 7.03. The smallest absolute Gasteiger partial charge is 0.379 e. The number of amides is 1. The number of methoxy groups -OCH3 is 1. The van der Waals surface area contributed by atoms with Gasteiger partial charge in [0.2, 0.25) is 5.91 Å². The Hall–Kier alpha value is -1.71. The molecule has 1 saturated carbocycles. The lowest BCUT2D eigenvalue weighted by Crippen LogP contribution is -2.52. The topological polar surface area (TPSA) is 63.7 Å². The number of fused-ring (bicyclic) bond motifs is 1. The van der Waals surface area contributed by atoms with E-state index in [1.54, 1.807) is 12.0 Å². The van der Waals surface area contributed by atoms with Crippen molar-refractivity contribution in [3.63, 3.8) is 0 Å². The van der Waals surface area contributed by atoms with Crippen molar-refractivity contribution in [2.24, 2.45) is 11.3 Å². The average Bonchev–Trinajstić information content (AvgIpc) is 3.23. The van der Waals surface area contributed by atoms with Crippen LogP contribution in [0, 0.1) is 11.3 Å². The van der Waals surface area contributed by atoms with Crippen LogP contribution in [0.4, 0.5) is 13.2 Å². The Morgan fingerprint density at radius 1 is 1.36 bits per heavy atom. The van der Waals surface area contributed by atoms with Crippen molar-refractivity contribution >= 4 is 5.91 Å². The largest absolute Gasteiger partial charge is 0.417 e. The maximum absolute atomic E-state index is 13.8. The Labute approximate surface area is 193 Å². The SMILES string of the molecule is CO[C@H]1COCC[C@H]1N[C@H]1CC[C@](C(=O)N2CCc3ncc(C(F)(F)F)cc3C2)(C(C)C)C1. The summed E-state index contributed by atoms with van der Waals surface area (Å²) in [4.78, 5) is 19.6. The number of nitrogens with one attached hydrogen (secondary N) is 1. The fraction of sp³-hybridized carbons (Fsp3) is 0.750. The van der Waals surface area contributed by atoms with Crippen LogP contribution in [-0.4, -0.2) is 60.8 Å². The van der Waals surface area contributed by atoms with E-state index in [1.165, 1.54) is 0 Å². The van der Waals surface area contributed by atoms with E-state index < -0.39 is 17.2 Å². The molecule has 0 spiro atoms. The van der Waals surface area contributed by atoms with Gasteiger partial charge in [0.15, 0.2) is 0 Å². The van der Waals surface area contributed by atoms with Gasteiger partial charge in [0.05, 0.1) is 23.7 Å². The first-order valence-corrected chi connectivity index (χ1v) is 11.8. The van der Waals surface area contributed by atoms with E-state index in [9.17, 15) is 18.0 Å². The van der Waals surface area contributed by atoms with Gasteiger partial charge in [0.1, 0.15) is 0 Å². The third kappa shape index (κ3) is 4.91. The van der Waals surface area contributed by atoms with Crippen molar-refractivity contribution in [3.05, 3.63) is 29.1 Å². The number of alkyl halides is 3. The van der Waals surface area contributed by atoms with Crippen LogP contribution in [0.25, 0.3) is 0 Å². The lowest BCUT2D eigenvalue weighted by atomic mass is 9.74. The molecule has 3 heterocycles. The zero-order valence-corrected chi connectivity index (χ0v) is 19.6. The molecule has 1 amide bonds. The van der Waals surface area contributed by atoms with Gasteiger partial charge in [0.25, 0.3) is 0 Å². The molecule has 9 heteroatoms. The number of hydrogen-bond donors (Lipinski definition) is 1. The van der Waals surface area contributed by atoms with Crippen LogP contribution < -0.4 is 5.32 Å². The molecule has 2 fully saturated rings. The number of hydrogen-bond acceptors (Lipinski definition) is 5. The Balaban J connectivity index is 1.48. The highest BCUT2D eigenvalue weighted by atomic mass is 19.4. The summed E-state index contributed by atoms with van der Waals surface area (Å²) in [5.41, 5.74) is -0.121. The maximum Gasteiger partial charge on any atom is 0.417 e. The molecule has 184 valence electrons. The molecule has 0 unspecified atom stereocenters. The van der Waals surface area contributed by atoms with Crippen molar-refractivity contribution in [1.29, 1.82) is 0 Å². The monoisotopic (exact) mass is 469 g/mol. The van der Waals surface area contributed by atoms with Gasteiger partial charge in [-0.25, -0.2) is 0 Å². The lowest BCUT2D eigenvalue weighted by Gasteiger charge is -2.40. The molecular formula is C24H34F3N3O3. The highest BCUT2D eigenvalue weighted by Crippen LogP contribution is 2.47. The third-order valence-corrected chi connectivity index (χ3v) is 7.79. The molecule has 4 rings (SSSR count). The van der Waals surface area contributed by atoms with Gasteiger partial charge in [0, 0.05) is 57.2 Å². The van der Waals surface area contributed by atoms with E-state index in [-0.39, 0.29) is 36.6 Å². The van der Waals surface area contributed by atoms with E-state index in [1.807, 2.05) is 0 Å². The van der Waals surface area contributed by atoms with Crippen molar-refractivity contribution in [1.82, 2.24) is 15.2 Å². The fourth-order valence-electron chi connectivity index (χ4n) is 5.69. The van der Waals surface area contributed by atoms with E-state index in [0.717, 1.165) is 37.9 Å². The van der Waals surface area contributed by atoms with Gasteiger partial charge in [-0.15, -0.1) is 0 Å². The van der Waals surface area contributed by atoms with Crippen LogP contribution in [0.15, 0.2) is 12.3 Å². The number of pyridine rings is 1. The predicted molar refractivity (Wildman–Crippen MR) is 116 cm³/mol. The molecule has 2 aliphatic heterocycles. The quantitative estimate of drug-likeness (QED) is 0.714. The summed E-state index contributed by atoms with van der Waals surface area (Å²) in [6.45, 7) is 6.09. The van der Waals surface area contributed by atoms with Gasteiger partial charge in [-0.2, -0.15) is 13.2 Å². The minimum absolute atomic E-state index is 0.00238. The summed E-state index contributed by atoms with van der Waals surface area (Å²) in [5, 5.41) is 3.72. The highest BCUT2D eigenvalue weighted by Gasteiger charge is 2.50. The summed E-state index contributed by atoms with van der Waals surface area (Å²) < 4.78 is 50.6. The number of aromatic nitrogens is 1. The van der Waals surface area contributed by atoms with E-state index in [2.05, 4.69) is 24.1 Å². The number of nitrogens with zero attached hydrogens (tertiary/aromatic N) is 2. The average molecular weight is 470 g/mol. The standard InChI is InChI=1S/C24H34F3N3O3/c1-15(2)23(7-4-18(11-23)29-20-6-9-33-14-21(20)32-3)22(31)30-8-5-19-16(13-30)10-17(12-28-19)24(25,26)27/h10,12,15,18,20-21,29H,4-9,11,13-14H2,1-3H3/t18-,20+,21-,23+/m0/s1. The zero-order valence-electron chi connectivity index (χ0n) is 19.6. The predicted octanol–water partition coefficient (Wildman–Crippen LogP) is 3.57. The molecule has 6 nitrogen and oxygen atoms in total. The molecule has 1 aliphatic carbocycles. The molecule has 1 saturated heterocycles. The van der Waals surface area contributed by atoms with Gasteiger partial charge in [-0.1, -0.05) is 13.8 Å². The zero-order chi connectivity index (χ0) is 23.8. The molecule has 1 aromatic heterocycles. The van der Waals surface area contributed by atoms with E-state index in [4.69, 9.17) is 9.47 Å². The van der Waals surface area contributed by atoms with Crippen LogP contribution in [-0.2, 0) is 33.4 Å². The highest BCUT2D eigenvalue weighted by molar-refractivity contribution is 5.83. The second-order valence-electron chi connectivity index (χ2n) is 9.97. The molecule has 1 N–H and O–H groups in total. The lowest BCUT2D eigenvalue weighted by molar-refractivity contribution is -0.146. The van der Waals surface area contributed by atoms with Crippen LogP contribution in [0.3, 0.4) is 0 Å². The van der Waals surface area contributed by atoms with Gasteiger partial charge >= 0.3 is 6.18 Å². The summed E-state index contributed by atoms with van der Waals surface area (Å²) >= 11 is 0. The number of carbonyl (C=O) groups is 1. The number of rotatable bonds is 5. The summed E-state index contributed by atoms with van der Waals surface area (Å²) in [5.74, 6) is 0.186. The fourth-order valence-corrected chi connectivity index (χ4v) is 5.69. The molecule has 0 radical (unpaired) electrons. The molecule has 4 atom stereocenters. The third-order valence-electron chi connectivity index (χ3n) is 7.79. The maximum atomic E-state index is 13.8. The number of carbonyl (C=O) groups excluding carboxylic acids is 1. The van der Waals surface area contributed by atoms with Crippen molar-refractivity contribution in [3.8, 4) is 0 Å². The summed E-state index contributed by atoms with van der Waals surface area (Å²) in [6, 6.07) is 1.55. The van der Waals surface area contributed by atoms with Crippen LogP contribution in [0.5, 0.6) is 0 Å². The molecule has 3 aliphatic rings. The molecule has 0 aromatic carbocycles. The normalized spacial score (nSPS) is 30.5. The minimum atomic E-state index is -4.44. The van der Waals surface area contributed by atoms with Crippen LogP contribution in [0.1, 0.15) is 56.4 Å². The van der Waals surface area contributed by atoms with Gasteiger partial charge in [-0.05, 0) is 43.2 Å². The minimum Gasteiger partial charge on any atom is -0.379 e. The van der Waals surface area contributed by atoms with Gasteiger partial charge in [-0.3, -0.25) is 9.78 Å². The second kappa shape index (κ2) is 9.50. The number of ether oxygens (including phenoxy) is 2. The first-order valence-electron chi connectivity index (χ1n) is 11.8. The number of halogens is 3. The molecular weight excluding hydrogens is 435 g/mol. The first-order chi connectivity index (χ1) is 15.6. The summed E-state index contributed by atoms with van der Waals surface area (Å²) in [6.07, 6.45) is 0.180. The van der Waals surface area contributed by atoms with Crippen LogP contribution in [0.2, 0.25) is 0 Å². The molecule has 1 aromatic rings. The van der Waals surface area contributed by atoms with Crippen molar-refractivity contribution in [2.75, 3.05) is 26.9 Å². The Morgan fingerprint density at radius 2 is 2.15 bits per heavy atom. The summed E-state index contributed by atoms with van der Waals surface area (Å²) in [7, 11) is 1.69. The molecule has 33 heavy (non-hydrogen) atoms.